The van der Waals surface area contributed by atoms with Crippen molar-refractivity contribution >= 4 is 6.72 Å². The van der Waals surface area contributed by atoms with E-state index in [1.54, 1.807) is 6.08 Å². The Morgan fingerprint density at radius 3 is 2.50 bits per heavy atom. The van der Waals surface area contributed by atoms with Crippen LogP contribution < -0.4 is 5.43 Å². The third-order valence-electron chi connectivity index (χ3n) is 0.739. The average Bonchev–Trinajstić information content (AvgIpc) is 1.83. The van der Waals surface area contributed by atoms with Crippen molar-refractivity contribution in [3.05, 3.63) is 24.4 Å². The smallest absolute Gasteiger partial charge is 0.0513 e. The molecule has 0 aliphatic rings. The first kappa shape index (κ1) is 6.95. The molecule has 0 saturated carbocycles. The van der Waals surface area contributed by atoms with Crippen LogP contribution in [0.5, 0.6) is 0 Å². The minimum atomic E-state index is 0.875. The maximum Gasteiger partial charge on any atom is 0.0513 e. The number of allylic oxidation sites excluding steroid dienone is 2. The van der Waals surface area contributed by atoms with Crippen molar-refractivity contribution in [2.75, 3.05) is 0 Å². The molecule has 0 aromatic rings. The Balaban J connectivity index is 3.71. The van der Waals surface area contributed by atoms with Gasteiger partial charge in [-0.05, 0) is 13.0 Å². The van der Waals surface area contributed by atoms with Gasteiger partial charge in [0.1, 0.15) is 0 Å². The van der Waals surface area contributed by atoms with Gasteiger partial charge in [-0.3, -0.25) is 5.43 Å². The Morgan fingerprint density at radius 2 is 2.38 bits per heavy atom. The van der Waals surface area contributed by atoms with Crippen LogP contribution in [0, 0.1) is 0 Å². The van der Waals surface area contributed by atoms with E-state index in [1.807, 2.05) is 13.0 Å². The summed E-state index contributed by atoms with van der Waals surface area (Å²) >= 11 is 0. The van der Waals surface area contributed by atoms with E-state index in [1.165, 1.54) is 0 Å². The topological polar surface area (TPSA) is 24.4 Å². The highest BCUT2D eigenvalue weighted by Gasteiger charge is 1.78. The summed E-state index contributed by atoms with van der Waals surface area (Å²) < 4.78 is 0. The maximum atomic E-state index is 3.53. The van der Waals surface area contributed by atoms with Gasteiger partial charge in [0.05, 0.1) is 5.70 Å². The second-order valence-electron chi connectivity index (χ2n) is 1.22. The molecule has 0 atom stereocenters. The van der Waals surface area contributed by atoms with Crippen molar-refractivity contribution < 1.29 is 0 Å². The van der Waals surface area contributed by atoms with Gasteiger partial charge in [-0.25, -0.2) is 0 Å². The molecular formula is C6H10N2. The summed E-state index contributed by atoms with van der Waals surface area (Å²) in [5.41, 5.74) is 3.51. The fourth-order valence-electron chi connectivity index (χ4n) is 0.319. The molecule has 0 aromatic carbocycles. The zero-order valence-corrected chi connectivity index (χ0v) is 5.02. The number of rotatable bonds is 3. The lowest BCUT2D eigenvalue weighted by Gasteiger charge is -1.94. The third-order valence-corrected chi connectivity index (χ3v) is 0.739. The van der Waals surface area contributed by atoms with E-state index in [-0.39, 0.29) is 0 Å². The van der Waals surface area contributed by atoms with Gasteiger partial charge in [0.2, 0.25) is 0 Å². The molecule has 0 aromatic heterocycles. The zero-order chi connectivity index (χ0) is 6.41. The minimum Gasteiger partial charge on any atom is -0.279 e. The summed E-state index contributed by atoms with van der Waals surface area (Å²) in [5, 5.41) is 3.44. The average molecular weight is 110 g/mol. The van der Waals surface area contributed by atoms with Gasteiger partial charge in [0.25, 0.3) is 0 Å². The number of nitrogens with zero attached hydrogens (tertiary/aromatic N) is 1. The number of hydrogen-bond donors (Lipinski definition) is 1. The van der Waals surface area contributed by atoms with Gasteiger partial charge < -0.3 is 0 Å². The van der Waals surface area contributed by atoms with Crippen molar-refractivity contribution in [3.63, 3.8) is 0 Å². The van der Waals surface area contributed by atoms with Crippen LogP contribution in [0.4, 0.5) is 0 Å². The summed E-state index contributed by atoms with van der Waals surface area (Å²) in [6.45, 7) is 8.68. The molecule has 1 N–H and O–H groups in total. The Hall–Kier alpha value is -1.05. The standard InChI is InChI=1S/C6H10N2/c1-4-6(5-2)8-7-3/h4-5,8H,1,3H2,2H3/b6-5-. The molecule has 2 nitrogen and oxygen atoms in total. The number of hydrazone groups is 1. The molecule has 0 saturated heterocycles. The van der Waals surface area contributed by atoms with Crippen LogP contribution in [0.3, 0.4) is 0 Å². The Morgan fingerprint density at radius 1 is 1.75 bits per heavy atom. The van der Waals surface area contributed by atoms with Crippen molar-refractivity contribution in [2.24, 2.45) is 5.10 Å². The SMILES string of the molecule is C=C/C(=C/C)NN=C. The molecule has 0 bridgehead atoms. The predicted octanol–water partition coefficient (Wildman–Crippen LogP) is 1.28. The molecule has 0 aliphatic heterocycles. The molecule has 0 rings (SSSR count). The van der Waals surface area contributed by atoms with E-state index < -0.39 is 0 Å². The van der Waals surface area contributed by atoms with E-state index in [0.29, 0.717) is 0 Å². The molecule has 0 unspecified atom stereocenters. The van der Waals surface area contributed by atoms with Crippen LogP contribution >= 0.6 is 0 Å². The molecular weight excluding hydrogens is 100 g/mol. The fraction of sp³-hybridized carbons (Fsp3) is 0.167. The predicted molar refractivity (Wildman–Crippen MR) is 36.6 cm³/mol. The van der Waals surface area contributed by atoms with Gasteiger partial charge in [0, 0.05) is 6.72 Å². The summed E-state index contributed by atoms with van der Waals surface area (Å²) in [5.74, 6) is 0. The summed E-state index contributed by atoms with van der Waals surface area (Å²) in [6, 6.07) is 0. The second-order valence-corrected chi connectivity index (χ2v) is 1.22. The Bertz CT molecular complexity index is 114. The first-order chi connectivity index (χ1) is 3.85. The van der Waals surface area contributed by atoms with Gasteiger partial charge in [0.15, 0.2) is 0 Å². The summed E-state index contributed by atoms with van der Waals surface area (Å²) in [7, 11) is 0. The Labute approximate surface area is 49.6 Å². The second kappa shape index (κ2) is 4.12. The van der Waals surface area contributed by atoms with Gasteiger partial charge >= 0.3 is 0 Å². The number of nitrogens with one attached hydrogen (secondary N) is 1. The normalized spacial score (nSPS) is 10.4. The van der Waals surface area contributed by atoms with E-state index in [9.17, 15) is 0 Å². The van der Waals surface area contributed by atoms with Gasteiger partial charge in [-0.1, -0.05) is 12.7 Å². The van der Waals surface area contributed by atoms with E-state index in [0.717, 1.165) is 5.70 Å². The quantitative estimate of drug-likeness (QED) is 0.330. The Kier molecular flexibility index (Phi) is 3.58. The third kappa shape index (κ3) is 2.18. The highest BCUT2D eigenvalue weighted by Crippen LogP contribution is 1.86. The highest BCUT2D eigenvalue weighted by atomic mass is 15.3. The van der Waals surface area contributed by atoms with Gasteiger partial charge in [-0.2, -0.15) is 5.10 Å². The van der Waals surface area contributed by atoms with Crippen molar-refractivity contribution in [1.82, 2.24) is 5.43 Å². The van der Waals surface area contributed by atoms with Crippen molar-refractivity contribution in [2.45, 2.75) is 6.92 Å². The monoisotopic (exact) mass is 110 g/mol. The van der Waals surface area contributed by atoms with Crippen LogP contribution in [0.2, 0.25) is 0 Å². The molecule has 0 radical (unpaired) electrons. The molecule has 0 amide bonds. The summed E-state index contributed by atoms with van der Waals surface area (Å²) in [4.78, 5) is 0. The van der Waals surface area contributed by atoms with Crippen LogP contribution in [0.25, 0.3) is 0 Å². The first-order valence-corrected chi connectivity index (χ1v) is 2.35. The summed E-state index contributed by atoms with van der Waals surface area (Å²) in [6.07, 6.45) is 3.54. The largest absolute Gasteiger partial charge is 0.279 e. The molecule has 8 heavy (non-hydrogen) atoms. The molecule has 44 valence electrons. The fourth-order valence-corrected chi connectivity index (χ4v) is 0.319. The maximum absolute atomic E-state index is 3.53. The van der Waals surface area contributed by atoms with Gasteiger partial charge in [-0.15, -0.1) is 0 Å². The van der Waals surface area contributed by atoms with Crippen LogP contribution in [0.15, 0.2) is 29.5 Å². The van der Waals surface area contributed by atoms with E-state index in [2.05, 4.69) is 23.8 Å². The molecule has 0 fully saturated rings. The van der Waals surface area contributed by atoms with E-state index >= 15 is 0 Å². The highest BCUT2D eigenvalue weighted by molar-refractivity contribution is 5.24. The van der Waals surface area contributed by atoms with Crippen molar-refractivity contribution in [1.29, 1.82) is 0 Å². The molecule has 0 spiro atoms. The van der Waals surface area contributed by atoms with E-state index in [4.69, 9.17) is 0 Å². The molecule has 2 heteroatoms. The molecule has 0 aliphatic carbocycles. The lowest BCUT2D eigenvalue weighted by molar-refractivity contribution is 0.926. The van der Waals surface area contributed by atoms with Crippen LogP contribution in [-0.4, -0.2) is 6.72 Å². The van der Waals surface area contributed by atoms with Crippen LogP contribution in [0.1, 0.15) is 6.92 Å². The first-order valence-electron chi connectivity index (χ1n) is 2.35. The lowest BCUT2D eigenvalue weighted by Crippen LogP contribution is -1.99. The van der Waals surface area contributed by atoms with Crippen LogP contribution in [-0.2, 0) is 0 Å². The zero-order valence-electron chi connectivity index (χ0n) is 5.02. The molecule has 0 heterocycles. The van der Waals surface area contributed by atoms with Crippen molar-refractivity contribution in [3.8, 4) is 0 Å². The lowest BCUT2D eigenvalue weighted by atomic mass is 10.4. The number of hydrogen-bond acceptors (Lipinski definition) is 2. The minimum absolute atomic E-state index is 0.875.